The summed E-state index contributed by atoms with van der Waals surface area (Å²) in [5, 5.41) is 49.0. The zero-order chi connectivity index (χ0) is 75.1. The SMILES string of the molecule is C.C.CCCc1nc(C(C)(C)O)c(C(=O)OCc2oc(=O)oc2C)n1Cc1ccc(-c2ccccc2-c2nn[nH]n2)cc1.CCCc1nc(C(C)(C)O)c(C(=O)OCc2oc(=O)oc2C)n1Cc1ccc(-c2ccccc2-c2nnnn2Cc2ccc(OC)cc2OC)cc1.COc1ccc(CCl)c(OC)c1. The first-order valence-corrected chi connectivity index (χ1v) is 34.0. The summed E-state index contributed by atoms with van der Waals surface area (Å²) in [4.78, 5) is 59.4. The minimum Gasteiger partial charge on any atom is -0.497 e. The molecule has 0 fully saturated rings. The predicted molar refractivity (Wildman–Crippen MR) is 398 cm³/mol. The van der Waals surface area contributed by atoms with Gasteiger partial charge in [0.1, 0.15) is 57.2 Å². The Balaban J connectivity index is 0.000000234. The van der Waals surface area contributed by atoms with Crippen LogP contribution in [0.3, 0.4) is 0 Å². The maximum absolute atomic E-state index is 13.7. The lowest BCUT2D eigenvalue weighted by Crippen LogP contribution is -2.23. The topological polar surface area (TPSA) is 350 Å². The molecule has 0 spiro atoms. The molecule has 0 saturated heterocycles. The molecule has 6 heterocycles. The number of rotatable bonds is 27. The summed E-state index contributed by atoms with van der Waals surface area (Å²) < 4.78 is 57.2. The van der Waals surface area contributed by atoms with Crippen LogP contribution in [0.15, 0.2) is 161 Å². The Morgan fingerprint density at radius 3 is 1.39 bits per heavy atom. The molecule has 0 bridgehead atoms. The van der Waals surface area contributed by atoms with E-state index in [1.165, 1.54) is 0 Å². The molecular weight excluding hydrogens is 1400 g/mol. The summed E-state index contributed by atoms with van der Waals surface area (Å²) in [6.07, 6.45) is 2.69. The number of imidazole rings is 2. The molecule has 12 aromatic rings. The first-order valence-electron chi connectivity index (χ1n) is 33.5. The Kier molecular flexibility index (Phi) is 27.5. The van der Waals surface area contributed by atoms with Gasteiger partial charge in [0.25, 0.3) is 0 Å². The number of tetrazole rings is 2. The molecule has 0 aliphatic carbocycles. The van der Waals surface area contributed by atoms with E-state index in [1.54, 1.807) is 83.8 Å². The number of aliphatic hydroxyl groups is 2. The highest BCUT2D eigenvalue weighted by molar-refractivity contribution is 6.17. The summed E-state index contributed by atoms with van der Waals surface area (Å²) in [5.41, 5.74) is 6.92. The highest BCUT2D eigenvalue weighted by Gasteiger charge is 2.35. The number of H-pyrrole nitrogens is 1. The molecule has 564 valence electrons. The Hall–Kier alpha value is -11.8. The van der Waals surface area contributed by atoms with Crippen LogP contribution in [0.1, 0.15) is 159 Å². The molecule has 107 heavy (non-hydrogen) atoms. The normalized spacial score (nSPS) is 11.1. The van der Waals surface area contributed by atoms with E-state index in [4.69, 9.17) is 62.7 Å². The lowest BCUT2D eigenvalue weighted by atomic mass is 9.98. The molecule has 0 aliphatic rings. The summed E-state index contributed by atoms with van der Waals surface area (Å²) in [5.74, 6) is 3.21. The Morgan fingerprint density at radius 2 is 0.991 bits per heavy atom. The molecule has 0 atom stereocenters. The number of ether oxygens (including phenoxy) is 6. The Bertz CT molecular complexity index is 5050. The third-order valence-electron chi connectivity index (χ3n) is 16.8. The number of nitrogens with zero attached hydrogens (tertiary/aromatic N) is 11. The average molecular weight is 1490 g/mol. The van der Waals surface area contributed by atoms with Crippen molar-refractivity contribution in [1.29, 1.82) is 0 Å². The third-order valence-corrected chi connectivity index (χ3v) is 17.1. The van der Waals surface area contributed by atoms with E-state index >= 15 is 0 Å². The average Bonchev–Trinajstić information content (AvgIpc) is 1.64. The fraction of sp³-hybridized carbons (Fsp3) is 0.333. The van der Waals surface area contributed by atoms with Crippen LogP contribution in [0, 0.1) is 13.8 Å². The van der Waals surface area contributed by atoms with Gasteiger partial charge in [-0.3, -0.25) is 0 Å². The molecule has 12 rings (SSSR count). The van der Waals surface area contributed by atoms with E-state index in [0.29, 0.717) is 66.6 Å². The van der Waals surface area contributed by atoms with E-state index in [1.807, 2.05) is 147 Å². The monoisotopic (exact) mass is 1480 g/mol. The number of halogens is 1. The second-order valence-electron chi connectivity index (χ2n) is 25.1. The van der Waals surface area contributed by atoms with Crippen molar-refractivity contribution in [3.63, 3.8) is 0 Å². The fourth-order valence-corrected chi connectivity index (χ4v) is 11.8. The van der Waals surface area contributed by atoms with E-state index in [-0.39, 0.29) is 80.4 Å². The lowest BCUT2D eigenvalue weighted by molar-refractivity contribution is 0.0391. The highest BCUT2D eigenvalue weighted by Crippen LogP contribution is 2.36. The molecule has 6 aromatic carbocycles. The number of hydrogen-bond acceptors (Lipinski definition) is 24. The molecule has 28 nitrogen and oxygen atoms in total. The molecule has 29 heteroatoms. The highest BCUT2D eigenvalue weighted by atomic mass is 35.5. The van der Waals surface area contributed by atoms with E-state index in [0.717, 1.165) is 80.0 Å². The first kappa shape index (κ1) is 80.9. The van der Waals surface area contributed by atoms with Gasteiger partial charge in [-0.1, -0.05) is 132 Å². The molecule has 0 saturated carbocycles. The van der Waals surface area contributed by atoms with Crippen molar-refractivity contribution in [2.24, 2.45) is 0 Å². The van der Waals surface area contributed by atoms with Gasteiger partial charge in [-0.25, -0.2) is 33.8 Å². The van der Waals surface area contributed by atoms with Crippen molar-refractivity contribution in [3.8, 4) is 68.0 Å². The Labute approximate surface area is 623 Å². The van der Waals surface area contributed by atoms with Crippen molar-refractivity contribution < 1.29 is 65.9 Å². The summed E-state index contributed by atoms with van der Waals surface area (Å²) in [7, 11) is 6.45. The number of methoxy groups -OCH3 is 4. The molecule has 6 aromatic heterocycles. The summed E-state index contributed by atoms with van der Waals surface area (Å²) >= 11 is 5.69. The number of hydrogen-bond donors (Lipinski definition) is 3. The molecule has 0 aliphatic heterocycles. The molecule has 0 amide bonds. The summed E-state index contributed by atoms with van der Waals surface area (Å²) in [6.45, 7) is 13.8. The van der Waals surface area contributed by atoms with Crippen LogP contribution < -0.4 is 30.6 Å². The van der Waals surface area contributed by atoms with Gasteiger partial charge < -0.3 is 65.4 Å². The maximum Gasteiger partial charge on any atom is 0.519 e. The van der Waals surface area contributed by atoms with Gasteiger partial charge in [-0.15, -0.1) is 26.9 Å². The standard InChI is InChI=1S/C38H40N6O8.C29H30N6O6.C9H11ClO2.2CH4/c1-7-10-32-39-34(38(3,4)47)33(36(45)50-22-31-23(2)51-37(46)52-31)43(32)20-24-13-15-25(16-14-24)28-11-8-9-12-29(28)35-40-41-42-44(35)21-26-17-18-27(48-5)19-30(26)49-6;1-5-8-23-30-25(29(3,4)38)24(27(36)39-16-22-17(2)40-28(37)41-22)35(23)15-18-11-13-19(14-12-18)20-9-6-7-10-21(20)26-31-33-34-32-26;1-11-8-4-3-7(6-10)9(5-8)12-2;;/h8-9,11-19,47H,7,10,20-22H2,1-6H3;6-7,9-14,38H,5,8,15-16H2,1-4H3,(H,31,32,33,34);3-5H,6H2,1-2H3;2*1H4. The smallest absolute Gasteiger partial charge is 0.497 e. The zero-order valence-electron chi connectivity index (χ0n) is 60.2. The number of aromatic amines is 1. The molecule has 0 radical (unpaired) electrons. The van der Waals surface area contributed by atoms with Gasteiger partial charge in [-0.2, -0.15) is 5.21 Å². The van der Waals surface area contributed by atoms with E-state index < -0.39 is 34.8 Å². The lowest BCUT2D eigenvalue weighted by Gasteiger charge is -2.18. The van der Waals surface area contributed by atoms with Crippen LogP contribution in [-0.4, -0.2) is 111 Å². The van der Waals surface area contributed by atoms with Crippen LogP contribution in [0.4, 0.5) is 0 Å². The number of esters is 2. The van der Waals surface area contributed by atoms with Gasteiger partial charge in [0.2, 0.25) is 5.82 Å². The van der Waals surface area contributed by atoms with Crippen molar-refractivity contribution in [2.45, 2.75) is 146 Å². The van der Waals surface area contributed by atoms with Crippen LogP contribution in [0.25, 0.3) is 45.0 Å². The maximum atomic E-state index is 13.7. The van der Waals surface area contributed by atoms with Crippen molar-refractivity contribution in [1.82, 2.24) is 59.9 Å². The third kappa shape index (κ3) is 19.4. The molecule has 3 N–H and O–H groups in total. The number of carbonyl (C=O) groups is 2. The van der Waals surface area contributed by atoms with E-state index in [9.17, 15) is 29.4 Å². The minimum atomic E-state index is -1.44. The van der Waals surface area contributed by atoms with Crippen molar-refractivity contribution in [3.05, 3.63) is 234 Å². The second kappa shape index (κ2) is 36.3. The quantitative estimate of drug-likeness (QED) is 0.0318. The Morgan fingerprint density at radius 1 is 0.551 bits per heavy atom. The van der Waals surface area contributed by atoms with Gasteiger partial charge in [-0.05, 0) is 122 Å². The predicted octanol–water partition coefficient (Wildman–Crippen LogP) is 13.6. The van der Waals surface area contributed by atoms with Crippen LogP contribution >= 0.6 is 11.6 Å². The van der Waals surface area contributed by atoms with Crippen LogP contribution in [-0.2, 0) is 72.2 Å². The largest absolute Gasteiger partial charge is 0.519 e. The number of aromatic nitrogens is 12. The fourth-order valence-electron chi connectivity index (χ4n) is 11.5. The second-order valence-corrected chi connectivity index (χ2v) is 25.4. The number of carbonyl (C=O) groups excluding carboxylic acids is 2. The number of nitrogens with one attached hydrogen (secondary N) is 1. The van der Waals surface area contributed by atoms with Gasteiger partial charge in [0, 0.05) is 60.3 Å². The van der Waals surface area contributed by atoms with Crippen molar-refractivity contribution in [2.75, 3.05) is 28.4 Å². The molecular formula is C78H89ClN12O16. The summed E-state index contributed by atoms with van der Waals surface area (Å²) in [6, 6.07) is 42.8. The number of aryl methyl sites for hydroxylation is 4. The number of benzene rings is 6. The minimum absolute atomic E-state index is 0. The zero-order valence-corrected chi connectivity index (χ0v) is 60.9. The van der Waals surface area contributed by atoms with Gasteiger partial charge in [0.15, 0.2) is 53.5 Å². The van der Waals surface area contributed by atoms with Crippen LogP contribution in [0.2, 0.25) is 0 Å². The van der Waals surface area contributed by atoms with E-state index in [2.05, 4.69) is 41.1 Å². The van der Waals surface area contributed by atoms with Crippen LogP contribution in [0.5, 0.6) is 23.0 Å². The first-order chi connectivity index (χ1) is 50.5. The number of alkyl halides is 1. The van der Waals surface area contributed by atoms with Gasteiger partial charge in [0.05, 0.1) is 40.9 Å². The van der Waals surface area contributed by atoms with Crippen molar-refractivity contribution >= 4 is 23.5 Å². The van der Waals surface area contributed by atoms with Gasteiger partial charge >= 0.3 is 23.6 Å². The molecule has 0 unspecified atom stereocenters.